The van der Waals surface area contributed by atoms with Gasteiger partial charge in [-0.1, -0.05) is 0 Å². The quantitative estimate of drug-likeness (QED) is 0.210. The third-order valence-electron chi connectivity index (χ3n) is 6.39. The fourth-order valence-electron chi connectivity index (χ4n) is 4.62. The molecule has 0 bridgehead atoms. The van der Waals surface area contributed by atoms with Crippen LogP contribution in [0, 0.1) is 0 Å². The van der Waals surface area contributed by atoms with Gasteiger partial charge in [-0.3, -0.25) is 9.59 Å². The Hall–Kier alpha value is -4.46. The first-order chi connectivity index (χ1) is 17.5. The Morgan fingerprint density at radius 2 is 1.89 bits per heavy atom. The van der Waals surface area contributed by atoms with E-state index in [1.165, 1.54) is 11.2 Å². The van der Waals surface area contributed by atoms with Crippen molar-refractivity contribution in [2.24, 2.45) is 0 Å². The van der Waals surface area contributed by atoms with Crippen LogP contribution in [0.5, 0.6) is 11.5 Å². The van der Waals surface area contributed by atoms with E-state index in [1.807, 2.05) is 31.3 Å². The number of amides is 1. The smallest absolute Gasteiger partial charge is 0.295 e. The number of hydrogen-bond donors (Lipinski definition) is 2. The molecule has 0 aliphatic carbocycles. The molecular formula is C28H26N2O6. The van der Waals surface area contributed by atoms with Crippen molar-refractivity contribution in [3.8, 4) is 11.5 Å². The lowest BCUT2D eigenvalue weighted by atomic mass is 9.99. The molecule has 5 rings (SSSR count). The number of aliphatic hydroxyl groups is 1. The van der Waals surface area contributed by atoms with Crippen LogP contribution in [0.15, 0.2) is 77.0 Å². The molecule has 2 aromatic carbocycles. The van der Waals surface area contributed by atoms with Crippen molar-refractivity contribution in [2.45, 2.75) is 19.4 Å². The lowest BCUT2D eigenvalue weighted by molar-refractivity contribution is -0.140. The number of aromatic nitrogens is 1. The number of methoxy groups -OCH3 is 1. The number of ether oxygens (including phenoxy) is 2. The summed E-state index contributed by atoms with van der Waals surface area (Å²) in [5, 5.41) is 12.1. The number of hydrogen-bond acceptors (Lipinski definition) is 6. The average molecular weight is 487 g/mol. The van der Waals surface area contributed by atoms with E-state index in [1.54, 1.807) is 43.5 Å². The monoisotopic (exact) mass is 486 g/mol. The Morgan fingerprint density at radius 1 is 1.11 bits per heavy atom. The van der Waals surface area contributed by atoms with Gasteiger partial charge in [0.1, 0.15) is 29.1 Å². The molecule has 1 aliphatic heterocycles. The first-order valence-corrected chi connectivity index (χ1v) is 11.7. The van der Waals surface area contributed by atoms with E-state index < -0.39 is 17.7 Å². The van der Waals surface area contributed by atoms with Crippen molar-refractivity contribution in [1.29, 1.82) is 0 Å². The van der Waals surface area contributed by atoms with E-state index in [9.17, 15) is 14.7 Å². The number of nitrogens with one attached hydrogen (secondary N) is 1. The van der Waals surface area contributed by atoms with Crippen LogP contribution in [-0.2, 0) is 16.0 Å². The molecular weight excluding hydrogens is 460 g/mol. The van der Waals surface area contributed by atoms with Gasteiger partial charge in [0, 0.05) is 29.2 Å². The molecule has 2 aromatic heterocycles. The van der Waals surface area contributed by atoms with E-state index in [0.717, 1.165) is 22.2 Å². The number of rotatable bonds is 8. The van der Waals surface area contributed by atoms with E-state index in [4.69, 9.17) is 13.9 Å². The molecule has 36 heavy (non-hydrogen) atoms. The van der Waals surface area contributed by atoms with E-state index in [0.29, 0.717) is 30.1 Å². The van der Waals surface area contributed by atoms with Gasteiger partial charge in [-0.05, 0) is 73.5 Å². The molecule has 8 nitrogen and oxygen atoms in total. The van der Waals surface area contributed by atoms with Crippen molar-refractivity contribution >= 4 is 28.4 Å². The standard InChI is InChI=1S/C28H26N2O6/c1-3-35-19-8-6-17(7-9-19)26(31)24-25(23-5-4-14-36-23)30(28(33)27(24)32)13-12-18-16-29-22-11-10-20(34-2)15-21(18)22/h4-11,14-16,25,29,31H,3,12-13H2,1-2H3/b26-24-. The van der Waals surface area contributed by atoms with Gasteiger partial charge in [0.15, 0.2) is 0 Å². The molecule has 0 saturated carbocycles. The highest BCUT2D eigenvalue weighted by atomic mass is 16.5. The topological polar surface area (TPSA) is 105 Å². The normalized spacial score (nSPS) is 17.2. The van der Waals surface area contributed by atoms with E-state index in [2.05, 4.69) is 4.98 Å². The molecule has 1 unspecified atom stereocenters. The third-order valence-corrected chi connectivity index (χ3v) is 6.39. The maximum absolute atomic E-state index is 13.2. The number of H-pyrrole nitrogens is 1. The number of ketones is 1. The van der Waals surface area contributed by atoms with Crippen molar-refractivity contribution in [1.82, 2.24) is 9.88 Å². The molecule has 1 saturated heterocycles. The maximum atomic E-state index is 13.2. The van der Waals surface area contributed by atoms with Gasteiger partial charge in [0.05, 0.1) is 25.6 Å². The van der Waals surface area contributed by atoms with Crippen LogP contribution in [-0.4, -0.2) is 46.9 Å². The summed E-state index contributed by atoms with van der Waals surface area (Å²) in [6.07, 6.45) is 3.86. The lowest BCUT2D eigenvalue weighted by Crippen LogP contribution is -2.31. The number of carbonyl (C=O) groups excluding carboxylic acids is 2. The molecule has 0 spiro atoms. The van der Waals surface area contributed by atoms with Crippen molar-refractivity contribution in [3.63, 3.8) is 0 Å². The van der Waals surface area contributed by atoms with Crippen molar-refractivity contribution in [3.05, 3.63) is 89.5 Å². The van der Waals surface area contributed by atoms with Gasteiger partial charge in [-0.25, -0.2) is 0 Å². The zero-order chi connectivity index (χ0) is 25.2. The number of Topliss-reactive ketones (excluding diaryl/α,β-unsaturated/α-hetero) is 1. The Kier molecular flexibility index (Phi) is 6.25. The van der Waals surface area contributed by atoms with Gasteiger partial charge in [-0.2, -0.15) is 0 Å². The predicted octanol–water partition coefficient (Wildman–Crippen LogP) is 4.83. The fraction of sp³-hybridized carbons (Fsp3) is 0.214. The van der Waals surface area contributed by atoms with Gasteiger partial charge in [0.25, 0.3) is 11.7 Å². The van der Waals surface area contributed by atoms with Crippen LogP contribution >= 0.6 is 0 Å². The molecule has 3 heterocycles. The summed E-state index contributed by atoms with van der Waals surface area (Å²) in [5.41, 5.74) is 2.35. The van der Waals surface area contributed by atoms with Crippen LogP contribution in [0.3, 0.4) is 0 Å². The molecule has 2 N–H and O–H groups in total. The SMILES string of the molecule is CCOc1ccc(/C(O)=C2/C(=O)C(=O)N(CCc3c[nH]c4ccc(OC)cc34)C2c2ccco2)cc1. The van der Waals surface area contributed by atoms with Crippen LogP contribution in [0.25, 0.3) is 16.7 Å². The van der Waals surface area contributed by atoms with Gasteiger partial charge >= 0.3 is 0 Å². The molecule has 8 heteroatoms. The van der Waals surface area contributed by atoms with E-state index in [-0.39, 0.29) is 17.9 Å². The lowest BCUT2D eigenvalue weighted by Gasteiger charge is -2.23. The molecule has 1 amide bonds. The highest BCUT2D eigenvalue weighted by Gasteiger charge is 2.47. The number of nitrogens with zero attached hydrogens (tertiary/aromatic N) is 1. The number of fused-ring (bicyclic) bond motifs is 1. The zero-order valence-corrected chi connectivity index (χ0v) is 20.0. The minimum Gasteiger partial charge on any atom is -0.507 e. The number of aromatic amines is 1. The summed E-state index contributed by atoms with van der Waals surface area (Å²) < 4.78 is 16.4. The number of benzene rings is 2. The Morgan fingerprint density at radius 3 is 2.58 bits per heavy atom. The first-order valence-electron chi connectivity index (χ1n) is 11.7. The highest BCUT2D eigenvalue weighted by molar-refractivity contribution is 6.46. The van der Waals surface area contributed by atoms with Crippen molar-refractivity contribution in [2.75, 3.05) is 20.3 Å². The number of likely N-dealkylation sites (tertiary alicyclic amines) is 1. The second-order valence-corrected chi connectivity index (χ2v) is 8.44. The predicted molar refractivity (Wildman–Crippen MR) is 134 cm³/mol. The molecule has 4 aromatic rings. The second kappa shape index (κ2) is 9.65. The Bertz CT molecular complexity index is 1430. The number of furan rings is 1. The zero-order valence-electron chi connectivity index (χ0n) is 20.0. The van der Waals surface area contributed by atoms with Gasteiger partial charge in [0.2, 0.25) is 0 Å². The highest BCUT2D eigenvalue weighted by Crippen LogP contribution is 2.40. The molecule has 0 radical (unpaired) electrons. The summed E-state index contributed by atoms with van der Waals surface area (Å²) in [6.45, 7) is 2.64. The molecule has 1 fully saturated rings. The minimum atomic E-state index is -0.841. The Labute approximate surface area is 207 Å². The van der Waals surface area contributed by atoms with Crippen molar-refractivity contribution < 1.29 is 28.6 Å². The van der Waals surface area contributed by atoms with Crippen LogP contribution in [0.1, 0.15) is 29.9 Å². The molecule has 1 aliphatic rings. The fourth-order valence-corrected chi connectivity index (χ4v) is 4.62. The third kappa shape index (κ3) is 4.11. The largest absolute Gasteiger partial charge is 0.507 e. The molecule has 1 atom stereocenters. The first kappa shape index (κ1) is 23.3. The van der Waals surface area contributed by atoms with Crippen LogP contribution in [0.4, 0.5) is 0 Å². The van der Waals surface area contributed by atoms with Gasteiger partial charge in [-0.15, -0.1) is 0 Å². The second-order valence-electron chi connectivity index (χ2n) is 8.44. The summed E-state index contributed by atoms with van der Waals surface area (Å²) >= 11 is 0. The van der Waals surface area contributed by atoms with Crippen LogP contribution in [0.2, 0.25) is 0 Å². The summed E-state index contributed by atoms with van der Waals surface area (Å²) in [7, 11) is 1.61. The van der Waals surface area contributed by atoms with E-state index >= 15 is 0 Å². The minimum absolute atomic E-state index is 0.000272. The van der Waals surface area contributed by atoms with Crippen LogP contribution < -0.4 is 9.47 Å². The summed E-state index contributed by atoms with van der Waals surface area (Å²) in [5.74, 6) is 0.103. The van der Waals surface area contributed by atoms with Gasteiger partial charge < -0.3 is 28.9 Å². The number of carbonyl (C=O) groups is 2. The maximum Gasteiger partial charge on any atom is 0.295 e. The number of aliphatic hydroxyl groups excluding tert-OH is 1. The molecule has 184 valence electrons. The summed E-state index contributed by atoms with van der Waals surface area (Å²) in [6, 6.07) is 15.0. The summed E-state index contributed by atoms with van der Waals surface area (Å²) in [4.78, 5) is 31.0. The Balaban J connectivity index is 1.49. The average Bonchev–Trinajstić information content (AvgIpc) is 3.62.